The van der Waals surface area contributed by atoms with Gasteiger partial charge in [0.1, 0.15) is 18.1 Å². The molecule has 0 heterocycles. The predicted octanol–water partition coefficient (Wildman–Crippen LogP) is -2.52. The minimum absolute atomic E-state index is 0.321. The van der Waals surface area contributed by atoms with Gasteiger partial charge < -0.3 is 37.0 Å². The summed E-state index contributed by atoms with van der Waals surface area (Å²) in [5.41, 5.74) is 5.71. The monoisotopic (exact) mass is 436 g/mol. The Morgan fingerprint density at radius 3 is 2.00 bits per heavy atom. The van der Waals surface area contributed by atoms with Gasteiger partial charge in [-0.2, -0.15) is 11.8 Å². The lowest BCUT2D eigenvalue weighted by Gasteiger charge is -2.23. The third-order valence-corrected chi connectivity index (χ3v) is 4.44. The topological polar surface area (TPSA) is 208 Å². The smallest absolute Gasteiger partial charge is 0.328 e. The van der Waals surface area contributed by atoms with E-state index < -0.39 is 66.9 Å². The summed E-state index contributed by atoms with van der Waals surface area (Å²) in [4.78, 5) is 58.2. The fraction of sp³-hybridized carbons (Fsp3) is 0.688. The SMILES string of the molecule is CSCC[C@H](N)C(=O)N[C@@H](C)C(=O)N[C@@H](CCC(=O)O)C(=O)N[C@@H](CO)C(=O)O. The number of carbonyl (C=O) groups excluding carboxylic acids is 3. The van der Waals surface area contributed by atoms with Crippen LogP contribution in [0.4, 0.5) is 0 Å². The van der Waals surface area contributed by atoms with Gasteiger partial charge in [-0.3, -0.25) is 19.2 Å². The maximum atomic E-state index is 12.3. The van der Waals surface area contributed by atoms with Gasteiger partial charge in [-0.05, 0) is 31.8 Å². The molecule has 0 bridgehead atoms. The molecule has 0 aromatic heterocycles. The highest BCUT2D eigenvalue weighted by molar-refractivity contribution is 7.98. The van der Waals surface area contributed by atoms with Crippen LogP contribution in [0.5, 0.6) is 0 Å². The number of aliphatic hydroxyl groups excluding tert-OH is 1. The Balaban J connectivity index is 5.00. The van der Waals surface area contributed by atoms with Crippen LogP contribution in [-0.2, 0) is 24.0 Å². The largest absolute Gasteiger partial charge is 0.481 e. The Bertz CT molecular complexity index is 603. The second kappa shape index (κ2) is 13.7. The van der Waals surface area contributed by atoms with Crippen molar-refractivity contribution < 1.29 is 39.3 Å². The molecule has 0 spiro atoms. The first-order valence-electron chi connectivity index (χ1n) is 8.74. The van der Waals surface area contributed by atoms with Crippen molar-refractivity contribution in [3.05, 3.63) is 0 Å². The second-order valence-electron chi connectivity index (χ2n) is 6.19. The molecule has 0 radical (unpaired) electrons. The van der Waals surface area contributed by atoms with E-state index in [9.17, 15) is 24.0 Å². The minimum atomic E-state index is -1.61. The molecule has 0 fully saturated rings. The number of hydrogen-bond acceptors (Lipinski definition) is 8. The number of carboxylic acid groups (broad SMARTS) is 2. The number of thioether (sulfide) groups is 1. The zero-order valence-corrected chi connectivity index (χ0v) is 17.0. The quantitative estimate of drug-likeness (QED) is 0.152. The molecule has 13 heteroatoms. The van der Waals surface area contributed by atoms with E-state index in [-0.39, 0.29) is 6.42 Å². The van der Waals surface area contributed by atoms with Crippen LogP contribution in [0, 0.1) is 0 Å². The number of carbonyl (C=O) groups is 5. The summed E-state index contributed by atoms with van der Waals surface area (Å²) in [7, 11) is 0. The summed E-state index contributed by atoms with van der Waals surface area (Å²) >= 11 is 1.51. The molecule has 4 atom stereocenters. The molecule has 0 aliphatic heterocycles. The lowest BCUT2D eigenvalue weighted by atomic mass is 10.1. The summed E-state index contributed by atoms with van der Waals surface area (Å²) in [5, 5.41) is 33.4. The van der Waals surface area contributed by atoms with E-state index in [1.54, 1.807) is 0 Å². The van der Waals surface area contributed by atoms with Crippen molar-refractivity contribution in [3.8, 4) is 0 Å². The van der Waals surface area contributed by atoms with E-state index in [1.807, 2.05) is 11.6 Å². The average molecular weight is 436 g/mol. The fourth-order valence-electron chi connectivity index (χ4n) is 2.05. The van der Waals surface area contributed by atoms with Crippen molar-refractivity contribution in [2.45, 2.75) is 50.4 Å². The van der Waals surface area contributed by atoms with Crippen LogP contribution < -0.4 is 21.7 Å². The van der Waals surface area contributed by atoms with Crippen molar-refractivity contribution in [2.75, 3.05) is 18.6 Å². The second-order valence-corrected chi connectivity index (χ2v) is 7.18. The van der Waals surface area contributed by atoms with Crippen molar-refractivity contribution in [3.63, 3.8) is 0 Å². The molecule has 166 valence electrons. The molecule has 0 aromatic carbocycles. The highest BCUT2D eigenvalue weighted by Crippen LogP contribution is 2.02. The van der Waals surface area contributed by atoms with Crippen molar-refractivity contribution in [1.82, 2.24) is 16.0 Å². The fourth-order valence-corrected chi connectivity index (χ4v) is 2.54. The first kappa shape index (κ1) is 26.6. The molecule has 3 amide bonds. The van der Waals surface area contributed by atoms with Crippen molar-refractivity contribution in [2.24, 2.45) is 5.73 Å². The standard InChI is InChI=1S/C16H28N4O8S/c1-8(18-14(25)9(17)5-6-29-2)13(24)19-10(3-4-12(22)23)15(26)20-11(7-21)16(27)28/h8-11,21H,3-7,17H2,1-2H3,(H,18,25)(H,19,24)(H,20,26)(H,22,23)(H,27,28)/t8-,9-,10-,11-/m0/s1. The minimum Gasteiger partial charge on any atom is -0.481 e. The number of aliphatic carboxylic acids is 2. The highest BCUT2D eigenvalue weighted by Gasteiger charge is 2.28. The van der Waals surface area contributed by atoms with Crippen LogP contribution in [0.25, 0.3) is 0 Å². The third kappa shape index (κ3) is 10.7. The van der Waals surface area contributed by atoms with Crippen LogP contribution in [0.15, 0.2) is 0 Å². The number of nitrogens with one attached hydrogen (secondary N) is 3. The normalized spacial score (nSPS) is 14.8. The molecule has 29 heavy (non-hydrogen) atoms. The molecule has 0 aliphatic carbocycles. The van der Waals surface area contributed by atoms with Crippen LogP contribution >= 0.6 is 11.8 Å². The number of amides is 3. The molecular weight excluding hydrogens is 408 g/mol. The first-order chi connectivity index (χ1) is 13.5. The van der Waals surface area contributed by atoms with Crippen molar-refractivity contribution >= 4 is 41.4 Å². The maximum absolute atomic E-state index is 12.3. The molecule has 0 saturated heterocycles. The number of aliphatic hydroxyl groups is 1. The Morgan fingerprint density at radius 2 is 1.52 bits per heavy atom. The van der Waals surface area contributed by atoms with Crippen LogP contribution in [0.1, 0.15) is 26.2 Å². The van der Waals surface area contributed by atoms with Gasteiger partial charge in [0.05, 0.1) is 12.6 Å². The van der Waals surface area contributed by atoms with Crippen LogP contribution in [-0.4, -0.2) is 87.8 Å². The first-order valence-corrected chi connectivity index (χ1v) is 10.1. The number of carboxylic acids is 2. The lowest BCUT2D eigenvalue weighted by molar-refractivity contribution is -0.144. The van der Waals surface area contributed by atoms with E-state index in [4.69, 9.17) is 21.1 Å². The van der Waals surface area contributed by atoms with Gasteiger partial charge >= 0.3 is 11.9 Å². The van der Waals surface area contributed by atoms with Crippen LogP contribution in [0.2, 0.25) is 0 Å². The van der Waals surface area contributed by atoms with E-state index >= 15 is 0 Å². The Kier molecular flexibility index (Phi) is 12.6. The third-order valence-electron chi connectivity index (χ3n) is 3.80. The van der Waals surface area contributed by atoms with E-state index in [1.165, 1.54) is 18.7 Å². The molecule has 12 nitrogen and oxygen atoms in total. The Hall–Kier alpha value is -2.38. The Labute approximate surface area is 172 Å². The lowest BCUT2D eigenvalue weighted by Crippen LogP contribution is -2.56. The molecule has 0 saturated carbocycles. The molecule has 0 rings (SSSR count). The van der Waals surface area contributed by atoms with Gasteiger partial charge in [0, 0.05) is 6.42 Å². The van der Waals surface area contributed by atoms with Gasteiger partial charge in [-0.1, -0.05) is 0 Å². The molecule has 0 aromatic rings. The van der Waals surface area contributed by atoms with E-state index in [0.29, 0.717) is 12.2 Å². The predicted molar refractivity (Wildman–Crippen MR) is 104 cm³/mol. The maximum Gasteiger partial charge on any atom is 0.328 e. The molecular formula is C16H28N4O8S. The van der Waals surface area contributed by atoms with Gasteiger partial charge in [0.15, 0.2) is 0 Å². The zero-order chi connectivity index (χ0) is 22.6. The summed E-state index contributed by atoms with van der Waals surface area (Å²) in [6, 6.07) is -4.88. The number of rotatable bonds is 14. The summed E-state index contributed by atoms with van der Waals surface area (Å²) in [5.74, 6) is -4.38. The average Bonchev–Trinajstić information content (AvgIpc) is 2.66. The summed E-state index contributed by atoms with van der Waals surface area (Å²) in [6.45, 7) is 0.468. The van der Waals surface area contributed by atoms with Gasteiger partial charge in [0.2, 0.25) is 17.7 Å². The molecule has 0 aliphatic rings. The van der Waals surface area contributed by atoms with E-state index in [2.05, 4.69) is 10.6 Å². The highest BCUT2D eigenvalue weighted by atomic mass is 32.2. The number of hydrogen-bond donors (Lipinski definition) is 7. The molecule has 8 N–H and O–H groups in total. The molecule has 0 unspecified atom stereocenters. The van der Waals surface area contributed by atoms with Crippen LogP contribution in [0.3, 0.4) is 0 Å². The van der Waals surface area contributed by atoms with E-state index in [0.717, 1.165) is 0 Å². The van der Waals surface area contributed by atoms with Gasteiger partial charge in [-0.25, -0.2) is 4.79 Å². The number of nitrogens with two attached hydrogens (primary N) is 1. The zero-order valence-electron chi connectivity index (χ0n) is 16.2. The van der Waals surface area contributed by atoms with Crippen molar-refractivity contribution in [1.29, 1.82) is 0 Å². The summed E-state index contributed by atoms with van der Waals surface area (Å²) < 4.78 is 0. The summed E-state index contributed by atoms with van der Waals surface area (Å²) in [6.07, 6.45) is 1.46. The van der Waals surface area contributed by atoms with Gasteiger partial charge in [0.25, 0.3) is 0 Å². The Morgan fingerprint density at radius 1 is 0.931 bits per heavy atom. The van der Waals surface area contributed by atoms with Gasteiger partial charge in [-0.15, -0.1) is 0 Å².